The van der Waals surface area contributed by atoms with Crippen LogP contribution < -0.4 is 10.6 Å². The molecular weight excluding hydrogens is 214 g/mol. The van der Waals surface area contributed by atoms with Gasteiger partial charge in [0.25, 0.3) is 0 Å². The second-order valence-corrected chi connectivity index (χ2v) is 4.82. The van der Waals surface area contributed by atoms with E-state index in [2.05, 4.69) is 22.1 Å². The van der Waals surface area contributed by atoms with Crippen LogP contribution in [0.1, 0.15) is 32.6 Å². The summed E-state index contributed by atoms with van der Waals surface area (Å²) in [6.07, 6.45) is 6.64. The van der Waals surface area contributed by atoms with Crippen LogP contribution in [0, 0.1) is 5.92 Å². The molecule has 0 saturated carbocycles. The molecule has 0 aromatic carbocycles. The predicted molar refractivity (Wildman–Crippen MR) is 68.9 cm³/mol. The molecule has 1 fully saturated rings. The van der Waals surface area contributed by atoms with Crippen molar-refractivity contribution in [3.63, 3.8) is 0 Å². The van der Waals surface area contributed by atoms with Crippen LogP contribution in [0.2, 0.25) is 0 Å². The van der Waals surface area contributed by atoms with E-state index in [1.807, 2.05) is 10.9 Å². The Kier molecular flexibility index (Phi) is 4.36. The lowest BCUT2D eigenvalue weighted by Gasteiger charge is -2.33. The highest BCUT2D eigenvalue weighted by molar-refractivity contribution is 5.36. The van der Waals surface area contributed by atoms with Crippen LogP contribution in [-0.4, -0.2) is 34.6 Å². The smallest absolute Gasteiger partial charge is 0.147 e. The minimum atomic E-state index is 0.812. The highest BCUT2D eigenvalue weighted by atomic mass is 15.5. The summed E-state index contributed by atoms with van der Waals surface area (Å²) in [6.45, 7) is 6.17. The highest BCUT2D eigenvalue weighted by Gasteiger charge is 2.21. The molecule has 1 aromatic rings. The molecule has 1 saturated heterocycles. The normalized spacial score (nSPS) is 17.6. The Morgan fingerprint density at radius 2 is 2.18 bits per heavy atom. The number of hydrogen-bond acceptors (Lipinski definition) is 4. The third kappa shape index (κ3) is 2.97. The number of piperidine rings is 1. The van der Waals surface area contributed by atoms with E-state index in [4.69, 9.17) is 5.73 Å². The Hall–Kier alpha value is -1.10. The van der Waals surface area contributed by atoms with Crippen molar-refractivity contribution in [2.45, 2.75) is 39.2 Å². The average molecular weight is 237 g/mol. The minimum Gasteiger partial charge on any atom is -0.355 e. The van der Waals surface area contributed by atoms with Crippen molar-refractivity contribution >= 4 is 5.82 Å². The summed E-state index contributed by atoms with van der Waals surface area (Å²) in [5.41, 5.74) is 5.61. The summed E-state index contributed by atoms with van der Waals surface area (Å²) >= 11 is 0. The van der Waals surface area contributed by atoms with E-state index in [-0.39, 0.29) is 0 Å². The van der Waals surface area contributed by atoms with Gasteiger partial charge in [0.2, 0.25) is 0 Å². The summed E-state index contributed by atoms with van der Waals surface area (Å²) in [7, 11) is 0. The molecule has 0 spiro atoms. The first-order chi connectivity index (χ1) is 8.35. The molecule has 0 unspecified atom stereocenters. The number of nitrogens with two attached hydrogens (primary N) is 1. The number of hydrogen-bond donors (Lipinski definition) is 1. The summed E-state index contributed by atoms with van der Waals surface area (Å²) in [5, 5.41) is 8.16. The number of nitrogens with zero attached hydrogens (tertiary/aromatic N) is 4. The van der Waals surface area contributed by atoms with Gasteiger partial charge in [-0.05, 0) is 38.1 Å². The van der Waals surface area contributed by atoms with E-state index in [0.717, 1.165) is 38.5 Å². The Bertz CT molecular complexity index is 327. The molecule has 1 aliphatic rings. The standard InChI is InChI=1S/C12H23N5/c1-2-7-17-12(10-14-15-17)16-8-4-11(3-6-13)5-9-16/h10-11H,2-9,13H2,1H3. The van der Waals surface area contributed by atoms with Crippen molar-refractivity contribution in [2.24, 2.45) is 11.7 Å². The van der Waals surface area contributed by atoms with Gasteiger partial charge in [-0.1, -0.05) is 12.1 Å². The molecule has 0 atom stereocenters. The molecular formula is C12H23N5. The lowest BCUT2D eigenvalue weighted by atomic mass is 9.94. The zero-order valence-corrected chi connectivity index (χ0v) is 10.7. The summed E-state index contributed by atoms with van der Waals surface area (Å²) in [4.78, 5) is 2.41. The molecule has 1 aliphatic heterocycles. The van der Waals surface area contributed by atoms with Crippen molar-refractivity contribution in [3.8, 4) is 0 Å². The molecule has 17 heavy (non-hydrogen) atoms. The van der Waals surface area contributed by atoms with E-state index in [1.54, 1.807) is 0 Å². The fraction of sp³-hybridized carbons (Fsp3) is 0.833. The molecule has 96 valence electrons. The van der Waals surface area contributed by atoms with Gasteiger partial charge in [-0.25, -0.2) is 4.68 Å². The fourth-order valence-corrected chi connectivity index (χ4v) is 2.55. The molecule has 5 nitrogen and oxygen atoms in total. The summed E-state index contributed by atoms with van der Waals surface area (Å²) < 4.78 is 2.02. The highest BCUT2D eigenvalue weighted by Crippen LogP contribution is 2.24. The van der Waals surface area contributed by atoms with Gasteiger partial charge in [-0.3, -0.25) is 0 Å². The topological polar surface area (TPSA) is 60.0 Å². The van der Waals surface area contributed by atoms with Gasteiger partial charge in [0.15, 0.2) is 0 Å². The summed E-state index contributed by atoms with van der Waals surface area (Å²) in [6, 6.07) is 0. The fourth-order valence-electron chi connectivity index (χ4n) is 2.55. The second-order valence-electron chi connectivity index (χ2n) is 4.82. The number of anilines is 1. The first-order valence-electron chi connectivity index (χ1n) is 6.68. The van der Waals surface area contributed by atoms with Crippen LogP contribution >= 0.6 is 0 Å². The van der Waals surface area contributed by atoms with Crippen molar-refractivity contribution in [2.75, 3.05) is 24.5 Å². The third-order valence-electron chi connectivity index (χ3n) is 3.55. The van der Waals surface area contributed by atoms with Crippen LogP contribution in [0.25, 0.3) is 0 Å². The lowest BCUT2D eigenvalue weighted by molar-refractivity contribution is 0.381. The van der Waals surface area contributed by atoms with Gasteiger partial charge in [0.1, 0.15) is 5.82 Å². The number of aryl methyl sites for hydroxylation is 1. The van der Waals surface area contributed by atoms with Gasteiger partial charge in [-0.15, -0.1) is 5.10 Å². The van der Waals surface area contributed by atoms with Gasteiger partial charge in [0, 0.05) is 19.6 Å². The van der Waals surface area contributed by atoms with E-state index >= 15 is 0 Å². The SMILES string of the molecule is CCCn1nncc1N1CCC(CCN)CC1. The first-order valence-corrected chi connectivity index (χ1v) is 6.68. The van der Waals surface area contributed by atoms with Gasteiger partial charge < -0.3 is 10.6 Å². The van der Waals surface area contributed by atoms with Crippen LogP contribution in [0.5, 0.6) is 0 Å². The molecule has 5 heteroatoms. The zero-order chi connectivity index (χ0) is 12.1. The van der Waals surface area contributed by atoms with Crippen LogP contribution in [-0.2, 0) is 6.54 Å². The van der Waals surface area contributed by atoms with E-state index in [0.29, 0.717) is 0 Å². The molecule has 2 heterocycles. The lowest BCUT2D eigenvalue weighted by Crippen LogP contribution is -2.35. The van der Waals surface area contributed by atoms with Crippen molar-refractivity contribution in [1.29, 1.82) is 0 Å². The monoisotopic (exact) mass is 237 g/mol. The van der Waals surface area contributed by atoms with E-state index in [1.165, 1.54) is 25.1 Å². The van der Waals surface area contributed by atoms with Crippen LogP contribution in [0.3, 0.4) is 0 Å². The molecule has 0 radical (unpaired) electrons. The summed E-state index contributed by atoms with van der Waals surface area (Å²) in [5.74, 6) is 1.99. The molecule has 1 aromatic heterocycles. The van der Waals surface area contributed by atoms with E-state index < -0.39 is 0 Å². The van der Waals surface area contributed by atoms with Gasteiger partial charge in [0.05, 0.1) is 6.20 Å². The Balaban J connectivity index is 1.93. The maximum Gasteiger partial charge on any atom is 0.147 e. The van der Waals surface area contributed by atoms with Crippen molar-refractivity contribution in [3.05, 3.63) is 6.20 Å². The maximum atomic E-state index is 5.61. The maximum absolute atomic E-state index is 5.61. The largest absolute Gasteiger partial charge is 0.355 e. The molecule has 2 rings (SSSR count). The Labute approximate surface area is 103 Å². The first kappa shape index (κ1) is 12.4. The molecule has 0 amide bonds. The Morgan fingerprint density at radius 3 is 2.82 bits per heavy atom. The molecule has 0 bridgehead atoms. The second kappa shape index (κ2) is 6.00. The van der Waals surface area contributed by atoms with E-state index in [9.17, 15) is 0 Å². The average Bonchev–Trinajstić information content (AvgIpc) is 2.79. The third-order valence-corrected chi connectivity index (χ3v) is 3.55. The van der Waals surface area contributed by atoms with Crippen LogP contribution in [0.4, 0.5) is 5.82 Å². The minimum absolute atomic E-state index is 0.812. The van der Waals surface area contributed by atoms with Crippen molar-refractivity contribution in [1.82, 2.24) is 15.0 Å². The number of aromatic nitrogens is 3. The van der Waals surface area contributed by atoms with Crippen molar-refractivity contribution < 1.29 is 0 Å². The zero-order valence-electron chi connectivity index (χ0n) is 10.7. The molecule has 2 N–H and O–H groups in total. The number of rotatable bonds is 5. The van der Waals surface area contributed by atoms with Gasteiger partial charge in [-0.2, -0.15) is 0 Å². The predicted octanol–water partition coefficient (Wildman–Crippen LogP) is 1.25. The van der Waals surface area contributed by atoms with Crippen LogP contribution in [0.15, 0.2) is 6.20 Å². The Morgan fingerprint density at radius 1 is 1.41 bits per heavy atom. The van der Waals surface area contributed by atoms with Gasteiger partial charge >= 0.3 is 0 Å². The quantitative estimate of drug-likeness (QED) is 0.837. The molecule has 0 aliphatic carbocycles.